The van der Waals surface area contributed by atoms with Crippen LogP contribution in [0, 0.1) is 0 Å². The number of rotatable bonds is 7. The monoisotopic (exact) mass is 359 g/mol. The summed E-state index contributed by atoms with van der Waals surface area (Å²) in [7, 11) is 4.69. The molecule has 25 heavy (non-hydrogen) atoms. The molecule has 0 unspecified atom stereocenters. The van der Waals surface area contributed by atoms with Gasteiger partial charge in [0.25, 0.3) is 0 Å². The molecular weight excluding hydrogens is 338 g/mol. The van der Waals surface area contributed by atoms with Gasteiger partial charge in [0.05, 0.1) is 27.5 Å². The van der Waals surface area contributed by atoms with Crippen molar-refractivity contribution in [3.8, 4) is 17.2 Å². The molecule has 0 spiro atoms. The molecule has 0 amide bonds. The van der Waals surface area contributed by atoms with Gasteiger partial charge in [0.2, 0.25) is 5.75 Å². The van der Waals surface area contributed by atoms with Gasteiger partial charge in [-0.05, 0) is 17.7 Å². The van der Waals surface area contributed by atoms with Crippen molar-refractivity contribution in [3.05, 3.63) is 53.6 Å². The lowest BCUT2D eigenvalue weighted by molar-refractivity contribution is 0.324. The summed E-state index contributed by atoms with van der Waals surface area (Å²) in [5.74, 6) is 2.39. The summed E-state index contributed by atoms with van der Waals surface area (Å²) in [6.07, 6.45) is 1.58. The van der Waals surface area contributed by atoms with E-state index in [2.05, 4.69) is 10.2 Å². The number of methoxy groups -OCH3 is 3. The number of hydrogen-bond acceptors (Lipinski definition) is 6. The molecule has 0 aliphatic carbocycles. The van der Waals surface area contributed by atoms with E-state index in [-0.39, 0.29) is 0 Å². The first-order valence-electron chi connectivity index (χ1n) is 7.51. The van der Waals surface area contributed by atoms with Crippen LogP contribution in [0.15, 0.2) is 52.7 Å². The van der Waals surface area contributed by atoms with E-state index >= 15 is 0 Å². The van der Waals surface area contributed by atoms with Crippen LogP contribution in [0.1, 0.15) is 11.1 Å². The second kappa shape index (κ2) is 9.58. The molecule has 0 saturated carbocycles. The zero-order chi connectivity index (χ0) is 18.1. The van der Waals surface area contributed by atoms with Gasteiger partial charge in [-0.15, -0.1) is 5.10 Å². The predicted molar refractivity (Wildman–Crippen MR) is 103 cm³/mol. The molecule has 0 saturated heterocycles. The zero-order valence-electron chi connectivity index (χ0n) is 14.4. The van der Waals surface area contributed by atoms with Gasteiger partial charge in [0, 0.05) is 11.3 Å². The van der Waals surface area contributed by atoms with Crippen LogP contribution in [0.25, 0.3) is 0 Å². The Morgan fingerprint density at radius 3 is 2.24 bits per heavy atom. The second-order valence-corrected chi connectivity index (χ2v) is 5.91. The van der Waals surface area contributed by atoms with E-state index in [1.54, 1.807) is 39.7 Å². The van der Waals surface area contributed by atoms with Crippen molar-refractivity contribution in [2.75, 3.05) is 21.3 Å². The maximum Gasteiger partial charge on any atom is 0.203 e. The average molecular weight is 359 g/mol. The Kier molecular flexibility index (Phi) is 7.16. The molecule has 0 aliphatic heterocycles. The Hall–Kier alpha value is -2.67. The molecule has 0 bridgehead atoms. The molecule has 0 radical (unpaired) electrons. The van der Waals surface area contributed by atoms with Gasteiger partial charge in [0.15, 0.2) is 16.7 Å². The minimum Gasteiger partial charge on any atom is -0.493 e. The van der Waals surface area contributed by atoms with Crippen molar-refractivity contribution in [2.45, 2.75) is 5.75 Å². The van der Waals surface area contributed by atoms with Crippen LogP contribution in [-0.4, -0.2) is 32.7 Å². The number of ether oxygens (including phenoxy) is 3. The van der Waals surface area contributed by atoms with Gasteiger partial charge >= 0.3 is 0 Å². The Morgan fingerprint density at radius 1 is 1.04 bits per heavy atom. The Balaban J connectivity index is 2.05. The highest BCUT2D eigenvalue weighted by atomic mass is 32.2. The Morgan fingerprint density at radius 2 is 1.68 bits per heavy atom. The Bertz CT molecular complexity index is 723. The van der Waals surface area contributed by atoms with Gasteiger partial charge in [-0.1, -0.05) is 42.1 Å². The number of hydrogen-bond donors (Lipinski definition) is 1. The fourth-order valence-electron chi connectivity index (χ4n) is 2.09. The number of benzene rings is 2. The molecule has 2 N–H and O–H groups in total. The minimum atomic E-state index is 0.396. The summed E-state index contributed by atoms with van der Waals surface area (Å²) in [5, 5.41) is 8.42. The third-order valence-electron chi connectivity index (χ3n) is 3.28. The van der Waals surface area contributed by atoms with E-state index in [1.807, 2.05) is 30.3 Å². The van der Waals surface area contributed by atoms with Crippen molar-refractivity contribution >= 4 is 23.1 Å². The topological polar surface area (TPSA) is 78.4 Å². The van der Waals surface area contributed by atoms with E-state index in [4.69, 9.17) is 19.9 Å². The first kappa shape index (κ1) is 18.7. The van der Waals surface area contributed by atoms with Crippen LogP contribution in [0.3, 0.4) is 0 Å². The minimum absolute atomic E-state index is 0.396. The van der Waals surface area contributed by atoms with Crippen molar-refractivity contribution < 1.29 is 14.2 Å². The van der Waals surface area contributed by atoms with Gasteiger partial charge in [-0.3, -0.25) is 0 Å². The third-order valence-corrected chi connectivity index (χ3v) is 4.13. The molecule has 0 aromatic heterocycles. The van der Waals surface area contributed by atoms with Crippen LogP contribution in [0.2, 0.25) is 0 Å². The molecule has 0 heterocycles. The maximum atomic E-state index is 5.87. The van der Waals surface area contributed by atoms with E-state index < -0.39 is 0 Å². The van der Waals surface area contributed by atoms with E-state index in [0.29, 0.717) is 22.4 Å². The maximum absolute atomic E-state index is 5.87. The largest absolute Gasteiger partial charge is 0.493 e. The summed E-state index contributed by atoms with van der Waals surface area (Å²) in [5.41, 5.74) is 7.82. The standard InChI is InChI=1S/C18H21N3O3S/c1-22-15-9-14(10-16(23-2)17(15)24-3)11-20-21-18(19)25-12-13-7-5-4-6-8-13/h4-11H,12H2,1-3H3,(H2,19,21). The molecule has 2 rings (SSSR count). The fraction of sp³-hybridized carbons (Fsp3) is 0.222. The second-order valence-electron chi connectivity index (χ2n) is 4.92. The van der Waals surface area contributed by atoms with Gasteiger partial charge in [-0.2, -0.15) is 5.10 Å². The lowest BCUT2D eigenvalue weighted by atomic mass is 10.2. The number of thioether (sulfide) groups is 1. The van der Waals surface area contributed by atoms with E-state index in [0.717, 1.165) is 11.3 Å². The number of nitrogens with two attached hydrogens (primary N) is 1. The molecule has 2 aromatic carbocycles. The highest BCUT2D eigenvalue weighted by Gasteiger charge is 2.12. The van der Waals surface area contributed by atoms with Crippen molar-refractivity contribution in [1.82, 2.24) is 0 Å². The smallest absolute Gasteiger partial charge is 0.203 e. The number of nitrogens with zero attached hydrogens (tertiary/aromatic N) is 2. The van der Waals surface area contributed by atoms with Gasteiger partial charge in [0.1, 0.15) is 0 Å². The molecule has 0 fully saturated rings. The van der Waals surface area contributed by atoms with Crippen LogP contribution < -0.4 is 19.9 Å². The van der Waals surface area contributed by atoms with Crippen LogP contribution >= 0.6 is 11.8 Å². The van der Waals surface area contributed by atoms with Crippen LogP contribution in [0.4, 0.5) is 0 Å². The molecule has 7 heteroatoms. The lowest BCUT2D eigenvalue weighted by Crippen LogP contribution is -2.06. The van der Waals surface area contributed by atoms with Crippen molar-refractivity contribution in [1.29, 1.82) is 0 Å². The van der Waals surface area contributed by atoms with Gasteiger partial charge in [-0.25, -0.2) is 0 Å². The quantitative estimate of drug-likeness (QED) is 0.466. The normalized spacial score (nSPS) is 11.6. The summed E-state index contributed by atoms with van der Waals surface area (Å²) in [6, 6.07) is 13.6. The summed E-state index contributed by atoms with van der Waals surface area (Å²) in [4.78, 5) is 0. The van der Waals surface area contributed by atoms with Crippen LogP contribution in [0.5, 0.6) is 17.2 Å². The Labute approximate surface area is 151 Å². The SMILES string of the molecule is COc1cc(C=NN=C(N)SCc2ccccc2)cc(OC)c1OC. The van der Waals surface area contributed by atoms with Crippen molar-refractivity contribution in [3.63, 3.8) is 0 Å². The fourth-order valence-corrected chi connectivity index (χ4v) is 2.70. The van der Waals surface area contributed by atoms with E-state index in [9.17, 15) is 0 Å². The zero-order valence-corrected chi connectivity index (χ0v) is 15.2. The van der Waals surface area contributed by atoms with Crippen LogP contribution in [-0.2, 0) is 5.75 Å². The highest BCUT2D eigenvalue weighted by Crippen LogP contribution is 2.37. The molecular formula is C18H21N3O3S. The number of amidine groups is 1. The van der Waals surface area contributed by atoms with Gasteiger partial charge < -0.3 is 19.9 Å². The first-order valence-corrected chi connectivity index (χ1v) is 8.49. The summed E-state index contributed by atoms with van der Waals surface area (Å²) < 4.78 is 15.9. The molecule has 0 atom stereocenters. The molecule has 132 valence electrons. The first-order chi connectivity index (χ1) is 12.2. The average Bonchev–Trinajstić information content (AvgIpc) is 2.66. The highest BCUT2D eigenvalue weighted by molar-refractivity contribution is 8.13. The van der Waals surface area contributed by atoms with Crippen molar-refractivity contribution in [2.24, 2.45) is 15.9 Å². The summed E-state index contributed by atoms with van der Waals surface area (Å²) >= 11 is 1.43. The van der Waals surface area contributed by atoms with E-state index in [1.165, 1.54) is 17.3 Å². The molecule has 0 aliphatic rings. The molecule has 2 aromatic rings. The summed E-state index contributed by atoms with van der Waals surface area (Å²) in [6.45, 7) is 0. The predicted octanol–water partition coefficient (Wildman–Crippen LogP) is 3.29. The molecule has 6 nitrogen and oxygen atoms in total. The lowest BCUT2D eigenvalue weighted by Gasteiger charge is -2.12. The third kappa shape index (κ3) is 5.42.